The Hall–Kier alpha value is -2.31. The number of thiazole rings is 1. The fourth-order valence-electron chi connectivity index (χ4n) is 6.15. The van der Waals surface area contributed by atoms with Gasteiger partial charge in [0.1, 0.15) is 5.78 Å². The number of nitrogens with zero attached hydrogens (tertiary/aromatic N) is 1. The molecule has 51 heavy (non-hydrogen) atoms. The molecule has 3 rings (SSSR count). The van der Waals surface area contributed by atoms with Crippen LogP contribution in [0.3, 0.4) is 0 Å². The van der Waals surface area contributed by atoms with Crippen LogP contribution in [0.4, 0.5) is 0 Å². The molecule has 1 aromatic heterocycles. The number of aromatic nitrogens is 1. The highest BCUT2D eigenvalue weighted by atomic mass is 32.1. The molecule has 0 saturated heterocycles. The molecule has 1 aliphatic carbocycles. The molecule has 0 fully saturated rings. The largest absolute Gasteiger partial charge is 0.412 e. The van der Waals surface area contributed by atoms with Gasteiger partial charge in [-0.1, -0.05) is 104 Å². The van der Waals surface area contributed by atoms with Gasteiger partial charge in [-0.25, -0.2) is 4.98 Å². The van der Waals surface area contributed by atoms with Crippen LogP contribution in [0, 0.1) is 24.2 Å². The number of benzene rings is 1. The van der Waals surface area contributed by atoms with Gasteiger partial charge in [-0.2, -0.15) is 0 Å². The average molecular weight is 752 g/mol. The minimum atomic E-state index is -2.50. The van der Waals surface area contributed by atoms with E-state index in [-0.39, 0.29) is 22.3 Å². The summed E-state index contributed by atoms with van der Waals surface area (Å²) >= 11 is 1.55. The number of carbonyl (C=O) groups excluding carboxylic acids is 3. The molecule has 0 N–H and O–H groups in total. The molecule has 0 aliphatic heterocycles. The maximum Gasteiger partial charge on any atom is 0.205 e. The molecule has 2 aromatic rings. The van der Waals surface area contributed by atoms with Crippen LogP contribution in [0.15, 0.2) is 46.9 Å². The number of ketones is 3. The quantitative estimate of drug-likeness (QED) is 0.166. The van der Waals surface area contributed by atoms with Crippen LogP contribution >= 0.6 is 11.3 Å². The van der Waals surface area contributed by atoms with Gasteiger partial charge >= 0.3 is 0 Å². The Balaban J connectivity index is 2.27. The van der Waals surface area contributed by atoms with Gasteiger partial charge in [0.2, 0.25) is 11.6 Å². The van der Waals surface area contributed by atoms with E-state index < -0.39 is 57.7 Å². The Kier molecular flexibility index (Phi) is 13.5. The van der Waals surface area contributed by atoms with E-state index in [1.807, 2.05) is 46.1 Å². The Morgan fingerprint density at radius 2 is 1.55 bits per heavy atom. The number of aryl methyl sites for hydroxylation is 1. The fourth-order valence-corrected chi connectivity index (χ4v) is 9.49. The highest BCUT2D eigenvalue weighted by Crippen LogP contribution is 2.46. The summed E-state index contributed by atoms with van der Waals surface area (Å²) in [6, 6.07) is 8.43. The van der Waals surface area contributed by atoms with Crippen LogP contribution in [-0.2, 0) is 29.7 Å². The fraction of sp³-hybridized carbons (Fsp3) is 0.619. The van der Waals surface area contributed by atoms with Gasteiger partial charge in [0.25, 0.3) is 0 Å². The monoisotopic (exact) mass is 751 g/mol. The molecule has 0 spiro atoms. The first kappa shape index (κ1) is 43.1. The van der Waals surface area contributed by atoms with Crippen LogP contribution in [0.1, 0.15) is 117 Å². The van der Waals surface area contributed by atoms with Gasteiger partial charge in [0, 0.05) is 29.1 Å². The lowest BCUT2D eigenvalue weighted by molar-refractivity contribution is -0.144. The van der Waals surface area contributed by atoms with Crippen LogP contribution in [0.5, 0.6) is 0 Å². The summed E-state index contributed by atoms with van der Waals surface area (Å²) < 4.78 is 14.2. The maximum absolute atomic E-state index is 15.0. The van der Waals surface area contributed by atoms with E-state index in [4.69, 9.17) is 8.85 Å². The van der Waals surface area contributed by atoms with Crippen molar-refractivity contribution in [3.63, 3.8) is 0 Å². The third-order valence-electron chi connectivity index (χ3n) is 11.8. The Morgan fingerprint density at radius 1 is 0.961 bits per heavy atom. The topological polar surface area (TPSA) is 82.6 Å². The second kappa shape index (κ2) is 16.0. The highest BCUT2D eigenvalue weighted by Gasteiger charge is 2.50. The average Bonchev–Trinajstić information content (AvgIpc) is 3.41. The van der Waals surface area contributed by atoms with Crippen molar-refractivity contribution in [1.29, 1.82) is 0 Å². The summed E-state index contributed by atoms with van der Waals surface area (Å²) in [5.74, 6) is -2.17. The van der Waals surface area contributed by atoms with Gasteiger partial charge in [0.05, 0.1) is 22.9 Å². The van der Waals surface area contributed by atoms with Gasteiger partial charge in [-0.05, 0) is 87.1 Å². The molecule has 282 valence electrons. The zero-order valence-electron chi connectivity index (χ0n) is 34.4. The first-order valence-electron chi connectivity index (χ1n) is 18.5. The van der Waals surface area contributed by atoms with Gasteiger partial charge in [0.15, 0.2) is 16.6 Å². The van der Waals surface area contributed by atoms with Crippen LogP contribution < -0.4 is 0 Å². The lowest BCUT2D eigenvalue weighted by atomic mass is 9.73. The molecular formula is C42H65NO5SSi2. The van der Waals surface area contributed by atoms with Crippen molar-refractivity contribution in [2.24, 2.45) is 17.3 Å². The lowest BCUT2D eigenvalue weighted by Crippen LogP contribution is -2.53. The lowest BCUT2D eigenvalue weighted by Gasteiger charge is -2.45. The van der Waals surface area contributed by atoms with Crippen molar-refractivity contribution in [2.75, 3.05) is 0 Å². The standard InChI is InChI=1S/C42H65NO5SSi2/c1-27-20-21-34(28(2)23-33-26-49-30(4)43-33)37(45)35(44)25-36(47-50(13,14)40(5,6)7)42(11,12)39(46)29(3)38(48-51(15,16)41(8,9)10)32-19-17-18-31(22-27)24-32/h17-20,23-24,26,29,34,36,38H,21-22,25H2,1-16H3/b27-20-,28-23?/t29-,34+,36+,38-/m1/s1. The summed E-state index contributed by atoms with van der Waals surface area (Å²) in [6.45, 7) is 33.5. The molecule has 6 nitrogen and oxygen atoms in total. The number of allylic oxidation sites excluding steroid dienone is 3. The molecule has 1 aromatic carbocycles. The highest BCUT2D eigenvalue weighted by molar-refractivity contribution is 7.09. The molecule has 9 heteroatoms. The van der Waals surface area contributed by atoms with Crippen LogP contribution in [-0.4, -0.2) is 45.1 Å². The van der Waals surface area contributed by atoms with Crippen molar-refractivity contribution in [2.45, 2.75) is 151 Å². The predicted octanol–water partition coefficient (Wildman–Crippen LogP) is 11.3. The van der Waals surface area contributed by atoms with Crippen LogP contribution in [0.2, 0.25) is 36.3 Å². The summed E-state index contributed by atoms with van der Waals surface area (Å²) in [5.41, 5.74) is 3.69. The van der Waals surface area contributed by atoms with Gasteiger partial charge in [-0.15, -0.1) is 11.3 Å². The normalized spacial score (nSPS) is 24.7. The van der Waals surface area contributed by atoms with Crippen molar-refractivity contribution in [3.05, 3.63) is 68.7 Å². The van der Waals surface area contributed by atoms with Crippen molar-refractivity contribution in [1.82, 2.24) is 4.98 Å². The molecule has 2 bridgehead atoms. The molecule has 0 unspecified atom stereocenters. The first-order chi connectivity index (χ1) is 23.2. The minimum Gasteiger partial charge on any atom is -0.412 e. The number of Topliss-reactive ketones (excluding diaryl/α,β-unsaturated/α-hetero) is 3. The summed E-state index contributed by atoms with van der Waals surface area (Å²) in [4.78, 5) is 48.2. The van der Waals surface area contributed by atoms with Crippen molar-refractivity contribution >= 4 is 51.4 Å². The third-order valence-corrected chi connectivity index (χ3v) is 21.5. The van der Waals surface area contributed by atoms with E-state index >= 15 is 4.79 Å². The minimum absolute atomic E-state index is 0.0322. The van der Waals surface area contributed by atoms with E-state index in [9.17, 15) is 9.59 Å². The maximum atomic E-state index is 15.0. The van der Waals surface area contributed by atoms with E-state index in [0.29, 0.717) is 12.8 Å². The zero-order valence-corrected chi connectivity index (χ0v) is 37.2. The van der Waals surface area contributed by atoms with E-state index in [0.717, 1.165) is 33.0 Å². The SMILES string of the molecule is CC(=Cc1csc(C)n1)[C@@H]1C/C=C(/C)Cc2cccc(c2)[C@H](O[Si](C)(C)C(C)(C)C)[C@@H](C)C(=O)C(C)(C)[C@@H](O[Si](C)(C)C(C)(C)C)CC(=O)C1=O. The molecule has 1 heterocycles. The first-order valence-corrected chi connectivity index (χ1v) is 25.2. The number of hydrogen-bond donors (Lipinski definition) is 0. The number of fused-ring (bicyclic) bond motifs is 2. The molecule has 0 amide bonds. The zero-order chi connectivity index (χ0) is 38.9. The second-order valence-electron chi connectivity index (χ2n) is 18.5. The third kappa shape index (κ3) is 10.4. The summed E-state index contributed by atoms with van der Waals surface area (Å²) in [7, 11) is -4.84. The van der Waals surface area contributed by atoms with Gasteiger partial charge in [-0.3, -0.25) is 14.4 Å². The van der Waals surface area contributed by atoms with E-state index in [1.165, 1.54) is 0 Å². The molecule has 1 aliphatic rings. The Labute approximate surface area is 315 Å². The van der Waals surface area contributed by atoms with E-state index in [1.54, 1.807) is 11.3 Å². The van der Waals surface area contributed by atoms with Gasteiger partial charge < -0.3 is 8.85 Å². The molecule has 4 atom stereocenters. The van der Waals surface area contributed by atoms with E-state index in [2.05, 4.69) is 110 Å². The van der Waals surface area contributed by atoms with Crippen LogP contribution in [0.25, 0.3) is 6.08 Å². The van der Waals surface area contributed by atoms with Crippen molar-refractivity contribution in [3.8, 4) is 0 Å². The Morgan fingerprint density at radius 3 is 2.10 bits per heavy atom. The number of carbonyl (C=O) groups is 3. The smallest absolute Gasteiger partial charge is 0.205 e. The van der Waals surface area contributed by atoms with Crippen molar-refractivity contribution < 1.29 is 23.2 Å². The second-order valence-corrected chi connectivity index (χ2v) is 29.0. The predicted molar refractivity (Wildman–Crippen MR) is 218 cm³/mol. The molecule has 0 radical (unpaired) electrons. The summed E-state index contributed by atoms with van der Waals surface area (Å²) in [6.07, 6.45) is 3.66. The molecule has 0 saturated carbocycles. The Bertz CT molecular complexity index is 1650. The number of hydrogen-bond acceptors (Lipinski definition) is 7. The summed E-state index contributed by atoms with van der Waals surface area (Å²) in [5, 5.41) is 2.66. The number of rotatable bonds is 6. The molecular weight excluding hydrogens is 687 g/mol.